The molecule has 0 aliphatic rings. The van der Waals surface area contributed by atoms with Crippen LogP contribution >= 0.6 is 27.5 Å². The average Bonchev–Trinajstić information content (AvgIpc) is 2.04. The highest BCUT2D eigenvalue weighted by Crippen LogP contribution is 2.32. The summed E-state index contributed by atoms with van der Waals surface area (Å²) in [7, 11) is 1.57. The van der Waals surface area contributed by atoms with Gasteiger partial charge in [-0.1, -0.05) is 11.6 Å². The smallest absolute Gasteiger partial charge is 0.243 e. The maximum Gasteiger partial charge on any atom is 0.243 e. The van der Waals surface area contributed by atoms with Crippen molar-refractivity contribution in [3.05, 3.63) is 38.6 Å². The van der Waals surface area contributed by atoms with Crippen LogP contribution < -0.4 is 4.74 Å². The third kappa shape index (κ3) is 2.36. The van der Waals surface area contributed by atoms with Gasteiger partial charge in [0.1, 0.15) is 5.75 Å². The minimum atomic E-state index is 0.280. The standard InChI is InChI=1S/C9H7BrClNO/c1-12-5-6-3-7(11)4-8(10)9(6)13-2/h3-4H,5H2,2H3. The molecule has 0 unspecified atom stereocenters. The van der Waals surface area contributed by atoms with E-state index in [9.17, 15) is 0 Å². The molecule has 0 radical (unpaired) electrons. The Morgan fingerprint density at radius 1 is 1.62 bits per heavy atom. The fraction of sp³-hybridized carbons (Fsp3) is 0.222. The first-order valence-electron chi connectivity index (χ1n) is 3.54. The molecule has 0 aromatic heterocycles. The molecular weight excluding hydrogens is 253 g/mol. The van der Waals surface area contributed by atoms with Gasteiger partial charge < -0.3 is 9.58 Å². The molecule has 0 heterocycles. The Labute approximate surface area is 90.4 Å². The van der Waals surface area contributed by atoms with E-state index >= 15 is 0 Å². The number of halogens is 2. The van der Waals surface area contributed by atoms with E-state index in [2.05, 4.69) is 20.8 Å². The summed E-state index contributed by atoms with van der Waals surface area (Å²) in [5.41, 5.74) is 0.803. The van der Waals surface area contributed by atoms with Crippen LogP contribution in [-0.4, -0.2) is 7.11 Å². The molecule has 0 bridgehead atoms. The SMILES string of the molecule is [C-]#[N+]Cc1cc(Cl)cc(Br)c1OC. The summed E-state index contributed by atoms with van der Waals surface area (Å²) in [5.74, 6) is 0.681. The molecule has 0 spiro atoms. The van der Waals surface area contributed by atoms with Crippen molar-refractivity contribution in [3.8, 4) is 5.75 Å². The zero-order chi connectivity index (χ0) is 9.84. The number of ether oxygens (including phenoxy) is 1. The molecule has 2 nitrogen and oxygen atoms in total. The summed E-state index contributed by atoms with van der Waals surface area (Å²) in [5, 5.41) is 0.603. The van der Waals surface area contributed by atoms with Crippen molar-refractivity contribution in [1.29, 1.82) is 0 Å². The van der Waals surface area contributed by atoms with Gasteiger partial charge in [0.15, 0.2) is 0 Å². The molecule has 68 valence electrons. The molecule has 4 heteroatoms. The Morgan fingerprint density at radius 3 is 2.85 bits per heavy atom. The number of hydrogen-bond acceptors (Lipinski definition) is 1. The van der Waals surface area contributed by atoms with Crippen molar-refractivity contribution in [2.24, 2.45) is 0 Å². The van der Waals surface area contributed by atoms with Crippen LogP contribution in [0.5, 0.6) is 5.75 Å². The Hall–Kier alpha value is -0.720. The number of rotatable bonds is 2. The minimum absolute atomic E-state index is 0.280. The van der Waals surface area contributed by atoms with Crippen LogP contribution in [0.3, 0.4) is 0 Å². The quantitative estimate of drug-likeness (QED) is 0.742. The van der Waals surface area contributed by atoms with E-state index < -0.39 is 0 Å². The maximum absolute atomic E-state index is 6.76. The summed E-state index contributed by atoms with van der Waals surface area (Å²) in [4.78, 5) is 3.29. The minimum Gasteiger partial charge on any atom is -0.495 e. The first-order chi connectivity index (χ1) is 6.19. The molecule has 0 aliphatic heterocycles. The fourth-order valence-electron chi connectivity index (χ4n) is 1.04. The molecular formula is C9H7BrClNO. The second kappa shape index (κ2) is 4.50. The van der Waals surface area contributed by atoms with Gasteiger partial charge in [-0.2, -0.15) is 0 Å². The highest BCUT2D eigenvalue weighted by molar-refractivity contribution is 9.10. The summed E-state index contributed by atoms with van der Waals surface area (Å²) in [6, 6.07) is 3.48. The molecule has 0 N–H and O–H groups in total. The van der Waals surface area contributed by atoms with Gasteiger partial charge in [-0.3, -0.25) is 0 Å². The molecule has 0 fully saturated rings. The first-order valence-corrected chi connectivity index (χ1v) is 4.71. The van der Waals surface area contributed by atoms with E-state index in [1.807, 2.05) is 0 Å². The van der Waals surface area contributed by atoms with Crippen LogP contribution in [0.15, 0.2) is 16.6 Å². The zero-order valence-electron chi connectivity index (χ0n) is 6.97. The van der Waals surface area contributed by atoms with E-state index in [4.69, 9.17) is 22.9 Å². The van der Waals surface area contributed by atoms with E-state index in [-0.39, 0.29) is 6.54 Å². The van der Waals surface area contributed by atoms with Gasteiger partial charge >= 0.3 is 0 Å². The summed E-state index contributed by atoms with van der Waals surface area (Å²) in [6.07, 6.45) is 0. The maximum atomic E-state index is 6.76. The number of benzene rings is 1. The normalized spacial score (nSPS) is 9.38. The first kappa shape index (κ1) is 10.4. The van der Waals surface area contributed by atoms with Gasteiger partial charge in [-0.25, -0.2) is 6.57 Å². The van der Waals surface area contributed by atoms with Gasteiger partial charge in [0, 0.05) is 5.02 Å². The lowest BCUT2D eigenvalue weighted by Crippen LogP contribution is -1.91. The van der Waals surface area contributed by atoms with Crippen LogP contribution in [0, 0.1) is 6.57 Å². The molecule has 1 rings (SSSR count). The van der Waals surface area contributed by atoms with Gasteiger partial charge in [0.2, 0.25) is 6.54 Å². The van der Waals surface area contributed by atoms with Crippen LogP contribution in [-0.2, 0) is 6.54 Å². The summed E-state index contributed by atoms with van der Waals surface area (Å²) in [6.45, 7) is 7.04. The van der Waals surface area contributed by atoms with Gasteiger partial charge in [0.25, 0.3) is 0 Å². The van der Waals surface area contributed by atoms with Crippen LogP contribution in [0.1, 0.15) is 5.56 Å². The van der Waals surface area contributed by atoms with E-state index in [0.29, 0.717) is 10.8 Å². The van der Waals surface area contributed by atoms with E-state index in [1.54, 1.807) is 19.2 Å². The van der Waals surface area contributed by atoms with Crippen molar-refractivity contribution in [2.75, 3.05) is 7.11 Å². The number of methoxy groups -OCH3 is 1. The van der Waals surface area contributed by atoms with Crippen molar-refractivity contribution in [3.63, 3.8) is 0 Å². The van der Waals surface area contributed by atoms with Gasteiger partial charge in [-0.05, 0) is 28.1 Å². The molecule has 0 atom stereocenters. The Morgan fingerprint density at radius 2 is 2.31 bits per heavy atom. The summed E-state index contributed by atoms with van der Waals surface area (Å²) < 4.78 is 5.91. The average molecular weight is 261 g/mol. The van der Waals surface area contributed by atoms with Crippen molar-refractivity contribution in [1.82, 2.24) is 0 Å². The van der Waals surface area contributed by atoms with Crippen molar-refractivity contribution in [2.45, 2.75) is 6.54 Å². The lowest BCUT2D eigenvalue weighted by Gasteiger charge is -2.06. The molecule has 13 heavy (non-hydrogen) atoms. The van der Waals surface area contributed by atoms with Crippen LogP contribution in [0.2, 0.25) is 5.02 Å². The van der Waals surface area contributed by atoms with Crippen LogP contribution in [0.25, 0.3) is 4.85 Å². The molecule has 0 saturated carbocycles. The number of hydrogen-bond donors (Lipinski definition) is 0. The predicted octanol–water partition coefficient (Wildman–Crippen LogP) is 3.53. The Kier molecular flexibility index (Phi) is 3.58. The van der Waals surface area contributed by atoms with E-state index in [1.165, 1.54) is 0 Å². The molecule has 0 saturated heterocycles. The van der Waals surface area contributed by atoms with Gasteiger partial charge in [0.05, 0.1) is 17.1 Å². The molecule has 1 aromatic carbocycles. The molecule has 1 aromatic rings. The molecule has 0 aliphatic carbocycles. The van der Waals surface area contributed by atoms with Crippen molar-refractivity contribution < 1.29 is 4.74 Å². The lowest BCUT2D eigenvalue weighted by atomic mass is 10.2. The second-order valence-corrected chi connectivity index (χ2v) is 3.69. The molecule has 0 amide bonds. The Balaban J connectivity index is 3.23. The van der Waals surface area contributed by atoms with E-state index in [0.717, 1.165) is 10.0 Å². The number of nitrogens with zero attached hydrogens (tertiary/aromatic N) is 1. The summed E-state index contributed by atoms with van der Waals surface area (Å²) >= 11 is 9.14. The highest BCUT2D eigenvalue weighted by Gasteiger charge is 2.10. The lowest BCUT2D eigenvalue weighted by molar-refractivity contribution is 0.408. The third-order valence-corrected chi connectivity index (χ3v) is 2.35. The predicted molar refractivity (Wildman–Crippen MR) is 56.0 cm³/mol. The zero-order valence-corrected chi connectivity index (χ0v) is 9.32. The van der Waals surface area contributed by atoms with Crippen LogP contribution in [0.4, 0.5) is 0 Å². The van der Waals surface area contributed by atoms with Gasteiger partial charge in [-0.15, -0.1) is 0 Å². The largest absolute Gasteiger partial charge is 0.495 e. The Bertz CT molecular complexity index is 359. The van der Waals surface area contributed by atoms with Crippen molar-refractivity contribution >= 4 is 27.5 Å². The fourth-order valence-corrected chi connectivity index (χ4v) is 2.08. The second-order valence-electron chi connectivity index (χ2n) is 2.40. The topological polar surface area (TPSA) is 13.6 Å². The third-order valence-electron chi connectivity index (χ3n) is 1.54. The monoisotopic (exact) mass is 259 g/mol. The highest BCUT2D eigenvalue weighted by atomic mass is 79.9.